The van der Waals surface area contributed by atoms with E-state index in [1.807, 2.05) is 0 Å². The SMILES string of the molecule is N=C(N)NN1CC[N]CC1(c1ccccc1)C1CCCCCC1. The van der Waals surface area contributed by atoms with Crippen LogP contribution in [0.5, 0.6) is 0 Å². The van der Waals surface area contributed by atoms with Crippen LogP contribution in [-0.4, -0.2) is 30.6 Å². The van der Waals surface area contributed by atoms with Gasteiger partial charge < -0.3 is 5.73 Å². The van der Waals surface area contributed by atoms with E-state index in [-0.39, 0.29) is 11.5 Å². The van der Waals surface area contributed by atoms with Crippen LogP contribution >= 0.6 is 0 Å². The highest BCUT2D eigenvalue weighted by Gasteiger charge is 2.47. The monoisotopic (exact) mass is 314 g/mol. The van der Waals surface area contributed by atoms with E-state index in [9.17, 15) is 0 Å². The molecule has 0 spiro atoms. The average Bonchev–Trinajstić information content (AvgIpc) is 2.85. The number of nitrogens with zero attached hydrogens (tertiary/aromatic N) is 2. The van der Waals surface area contributed by atoms with E-state index in [4.69, 9.17) is 16.5 Å². The summed E-state index contributed by atoms with van der Waals surface area (Å²) in [7, 11) is 0. The first-order valence-electron chi connectivity index (χ1n) is 8.80. The number of rotatable bonds is 3. The van der Waals surface area contributed by atoms with Gasteiger partial charge in [0.15, 0.2) is 0 Å². The van der Waals surface area contributed by atoms with E-state index in [0.29, 0.717) is 5.92 Å². The summed E-state index contributed by atoms with van der Waals surface area (Å²) in [5.74, 6) is 0.559. The van der Waals surface area contributed by atoms with Gasteiger partial charge in [-0.15, -0.1) is 0 Å². The van der Waals surface area contributed by atoms with Crippen molar-refractivity contribution in [3.05, 3.63) is 35.9 Å². The van der Waals surface area contributed by atoms with Gasteiger partial charge in [-0.05, 0) is 24.3 Å². The number of hydrogen-bond acceptors (Lipinski definition) is 2. The zero-order valence-corrected chi connectivity index (χ0v) is 13.8. The fourth-order valence-corrected chi connectivity index (χ4v) is 4.32. The zero-order valence-electron chi connectivity index (χ0n) is 13.8. The first-order chi connectivity index (χ1) is 11.2. The molecule has 1 radical (unpaired) electrons. The summed E-state index contributed by atoms with van der Waals surface area (Å²) in [5, 5.41) is 14.7. The molecule has 1 heterocycles. The van der Waals surface area contributed by atoms with Gasteiger partial charge in [-0.25, -0.2) is 10.3 Å². The molecule has 3 rings (SSSR count). The topological polar surface area (TPSA) is 79.2 Å². The van der Waals surface area contributed by atoms with Gasteiger partial charge in [0, 0.05) is 19.6 Å². The molecular formula is C18H28N5. The Hall–Kier alpha value is -1.59. The summed E-state index contributed by atoms with van der Waals surface area (Å²) < 4.78 is 0. The third-order valence-electron chi connectivity index (χ3n) is 5.38. The minimum absolute atomic E-state index is 0.0147. The molecular weight excluding hydrogens is 286 g/mol. The Balaban J connectivity index is 2.01. The maximum Gasteiger partial charge on any atom is 0.200 e. The molecule has 1 unspecified atom stereocenters. The Kier molecular flexibility index (Phi) is 5.18. The lowest BCUT2D eigenvalue weighted by Crippen LogP contribution is -2.66. The number of hydrogen-bond donors (Lipinski definition) is 3. The van der Waals surface area contributed by atoms with Gasteiger partial charge in [0.2, 0.25) is 5.96 Å². The summed E-state index contributed by atoms with van der Waals surface area (Å²) in [6.07, 6.45) is 7.68. The minimum atomic E-state index is -0.185. The first-order valence-corrected chi connectivity index (χ1v) is 8.80. The van der Waals surface area contributed by atoms with Crippen LogP contribution < -0.4 is 16.5 Å². The van der Waals surface area contributed by atoms with Crippen LogP contribution in [0.4, 0.5) is 0 Å². The Morgan fingerprint density at radius 1 is 1.17 bits per heavy atom. The van der Waals surface area contributed by atoms with Crippen molar-refractivity contribution in [3.8, 4) is 0 Å². The number of piperazine rings is 1. The fourth-order valence-electron chi connectivity index (χ4n) is 4.32. The van der Waals surface area contributed by atoms with Gasteiger partial charge >= 0.3 is 0 Å². The quantitative estimate of drug-likeness (QED) is 0.454. The lowest BCUT2D eigenvalue weighted by molar-refractivity contribution is -0.0253. The standard InChI is InChI=1S/C18H28N5/c19-17(20)22-23-13-12-21-14-18(23,16-10-6-3-7-11-16)15-8-4-1-2-5-9-15/h3,6-7,10-11,15H,1-2,4-5,8-9,12-14H2,(H4,19,20,22). The Morgan fingerprint density at radius 3 is 2.52 bits per heavy atom. The number of hydrazine groups is 1. The van der Waals surface area contributed by atoms with Crippen molar-refractivity contribution in [2.24, 2.45) is 11.7 Å². The van der Waals surface area contributed by atoms with Crippen molar-refractivity contribution in [1.29, 1.82) is 5.41 Å². The normalized spacial score (nSPS) is 27.3. The molecule has 1 aliphatic carbocycles. The van der Waals surface area contributed by atoms with Crippen LogP contribution in [0.1, 0.15) is 44.1 Å². The lowest BCUT2D eigenvalue weighted by atomic mass is 9.72. The molecule has 2 fully saturated rings. The summed E-state index contributed by atoms with van der Waals surface area (Å²) in [5.41, 5.74) is 9.92. The summed E-state index contributed by atoms with van der Waals surface area (Å²) in [6.45, 7) is 2.37. The smallest absolute Gasteiger partial charge is 0.200 e. The molecule has 1 aliphatic heterocycles. The molecule has 4 N–H and O–H groups in total. The molecule has 5 heteroatoms. The molecule has 5 nitrogen and oxygen atoms in total. The molecule has 125 valence electrons. The van der Waals surface area contributed by atoms with Gasteiger partial charge in [-0.1, -0.05) is 56.0 Å². The second-order valence-electron chi connectivity index (χ2n) is 6.76. The molecule has 1 aromatic rings. The molecule has 0 aromatic heterocycles. The Labute approximate surface area is 139 Å². The van der Waals surface area contributed by atoms with Crippen molar-refractivity contribution in [2.45, 2.75) is 44.1 Å². The van der Waals surface area contributed by atoms with Crippen molar-refractivity contribution in [1.82, 2.24) is 15.8 Å². The molecule has 1 atom stereocenters. The lowest BCUT2D eigenvalue weighted by Gasteiger charge is -2.51. The second kappa shape index (κ2) is 7.32. The van der Waals surface area contributed by atoms with E-state index in [2.05, 4.69) is 40.8 Å². The number of guanidine groups is 1. The molecule has 0 amide bonds. The van der Waals surface area contributed by atoms with Gasteiger partial charge in [0.05, 0.1) is 5.54 Å². The zero-order chi connectivity index (χ0) is 16.1. The van der Waals surface area contributed by atoms with Gasteiger partial charge in [-0.3, -0.25) is 10.8 Å². The molecule has 0 bridgehead atoms. The first kappa shape index (κ1) is 16.3. The third kappa shape index (κ3) is 3.35. The van der Waals surface area contributed by atoms with Crippen molar-refractivity contribution < 1.29 is 0 Å². The molecule has 1 aromatic carbocycles. The van der Waals surface area contributed by atoms with Gasteiger partial charge in [0.1, 0.15) is 0 Å². The maximum absolute atomic E-state index is 7.72. The molecule has 1 saturated heterocycles. The highest BCUT2D eigenvalue weighted by molar-refractivity contribution is 5.73. The summed E-state index contributed by atoms with van der Waals surface area (Å²) >= 11 is 0. The number of nitrogens with two attached hydrogens (primary N) is 1. The Bertz CT molecular complexity index is 509. The summed E-state index contributed by atoms with van der Waals surface area (Å²) in [4.78, 5) is 0. The van der Waals surface area contributed by atoms with Crippen molar-refractivity contribution in [3.63, 3.8) is 0 Å². The van der Waals surface area contributed by atoms with E-state index in [0.717, 1.165) is 19.6 Å². The van der Waals surface area contributed by atoms with Crippen LogP contribution in [0.15, 0.2) is 30.3 Å². The van der Waals surface area contributed by atoms with E-state index < -0.39 is 0 Å². The highest BCUT2D eigenvalue weighted by Crippen LogP contribution is 2.43. The van der Waals surface area contributed by atoms with E-state index >= 15 is 0 Å². The van der Waals surface area contributed by atoms with Gasteiger partial charge in [-0.2, -0.15) is 0 Å². The van der Waals surface area contributed by atoms with Crippen molar-refractivity contribution >= 4 is 5.96 Å². The molecule has 2 aliphatic rings. The predicted octanol–water partition coefficient (Wildman–Crippen LogP) is 2.17. The van der Waals surface area contributed by atoms with Crippen LogP contribution in [0.2, 0.25) is 0 Å². The summed E-state index contributed by atoms with van der Waals surface area (Å²) in [6, 6.07) is 10.7. The predicted molar refractivity (Wildman–Crippen MR) is 92.9 cm³/mol. The molecule has 23 heavy (non-hydrogen) atoms. The maximum atomic E-state index is 7.72. The second-order valence-corrected chi connectivity index (χ2v) is 6.76. The van der Waals surface area contributed by atoms with Gasteiger partial charge in [0.25, 0.3) is 0 Å². The fraction of sp³-hybridized carbons (Fsp3) is 0.611. The average molecular weight is 314 g/mol. The molecule has 1 saturated carbocycles. The van der Waals surface area contributed by atoms with Crippen molar-refractivity contribution in [2.75, 3.05) is 19.6 Å². The van der Waals surface area contributed by atoms with Crippen LogP contribution in [-0.2, 0) is 5.54 Å². The largest absolute Gasteiger partial charge is 0.369 e. The van der Waals surface area contributed by atoms with Crippen LogP contribution in [0.3, 0.4) is 0 Å². The number of nitrogens with one attached hydrogen (secondary N) is 2. The van der Waals surface area contributed by atoms with Crippen LogP contribution in [0.25, 0.3) is 0 Å². The van der Waals surface area contributed by atoms with Crippen LogP contribution in [0, 0.1) is 11.3 Å². The third-order valence-corrected chi connectivity index (χ3v) is 5.38. The highest BCUT2D eigenvalue weighted by atomic mass is 15.6. The Morgan fingerprint density at radius 2 is 1.87 bits per heavy atom. The van der Waals surface area contributed by atoms with E-state index in [1.165, 1.54) is 44.1 Å². The minimum Gasteiger partial charge on any atom is -0.369 e. The number of benzene rings is 1. The van der Waals surface area contributed by atoms with E-state index in [1.54, 1.807) is 0 Å².